The molecule has 1 unspecified atom stereocenters. The molecule has 0 saturated carbocycles. The molecule has 2 aromatic rings. The molecule has 1 aromatic carbocycles. The molecule has 0 saturated heterocycles. The summed E-state index contributed by atoms with van der Waals surface area (Å²) in [5.41, 5.74) is 0.487. The Morgan fingerprint density at radius 2 is 2.00 bits per heavy atom. The third-order valence-electron chi connectivity index (χ3n) is 2.69. The lowest BCUT2D eigenvalue weighted by molar-refractivity contribution is -0.137. The lowest BCUT2D eigenvalue weighted by Gasteiger charge is -2.04. The van der Waals surface area contributed by atoms with E-state index in [1.54, 1.807) is 25.1 Å². The molecule has 0 radical (unpaired) electrons. The number of aromatic nitrogens is 2. The van der Waals surface area contributed by atoms with Gasteiger partial charge in [0.25, 0.3) is 5.89 Å². The van der Waals surface area contributed by atoms with Crippen LogP contribution >= 0.6 is 23.2 Å². The van der Waals surface area contributed by atoms with Gasteiger partial charge in [-0.15, -0.1) is 10.2 Å². The number of carboxylic acids is 1. The summed E-state index contributed by atoms with van der Waals surface area (Å²) in [6, 6.07) is 5.08. The van der Waals surface area contributed by atoms with Crippen LogP contribution in [-0.4, -0.2) is 21.3 Å². The Kier molecular flexibility index (Phi) is 4.62. The van der Waals surface area contributed by atoms with Gasteiger partial charge in [-0.2, -0.15) is 0 Å². The van der Waals surface area contributed by atoms with Crippen molar-refractivity contribution in [2.24, 2.45) is 5.92 Å². The molecular formula is C13H12Cl2N2O3. The monoisotopic (exact) mass is 314 g/mol. The third kappa shape index (κ3) is 3.49. The second kappa shape index (κ2) is 6.24. The van der Waals surface area contributed by atoms with E-state index >= 15 is 0 Å². The number of aliphatic carboxylic acids is 1. The number of nitrogens with zero attached hydrogens (tertiary/aromatic N) is 2. The summed E-state index contributed by atoms with van der Waals surface area (Å²) in [6.07, 6.45) is 0.436. The van der Waals surface area contributed by atoms with Crippen LogP contribution in [0.25, 0.3) is 11.5 Å². The van der Waals surface area contributed by atoms with E-state index in [9.17, 15) is 4.79 Å². The zero-order valence-corrected chi connectivity index (χ0v) is 12.1. The van der Waals surface area contributed by atoms with Crippen LogP contribution in [-0.2, 0) is 11.2 Å². The van der Waals surface area contributed by atoms with E-state index in [1.807, 2.05) is 0 Å². The van der Waals surface area contributed by atoms with Crippen LogP contribution in [0, 0.1) is 5.92 Å². The van der Waals surface area contributed by atoms with Crippen LogP contribution in [0.15, 0.2) is 22.6 Å². The van der Waals surface area contributed by atoms with Gasteiger partial charge in [-0.05, 0) is 18.1 Å². The summed E-state index contributed by atoms with van der Waals surface area (Å²) < 4.78 is 5.50. The predicted molar refractivity (Wildman–Crippen MR) is 74.9 cm³/mol. The zero-order valence-electron chi connectivity index (χ0n) is 10.6. The molecule has 7 heteroatoms. The van der Waals surface area contributed by atoms with Gasteiger partial charge in [-0.25, -0.2) is 0 Å². The SMILES string of the molecule is CC(CC(=O)O)Cc1nnc(-c2c(Cl)cccc2Cl)o1. The van der Waals surface area contributed by atoms with Crippen molar-refractivity contribution in [3.8, 4) is 11.5 Å². The van der Waals surface area contributed by atoms with Crippen molar-refractivity contribution in [3.05, 3.63) is 34.1 Å². The quantitative estimate of drug-likeness (QED) is 0.910. The van der Waals surface area contributed by atoms with Gasteiger partial charge in [0.05, 0.1) is 15.6 Å². The molecule has 0 aliphatic carbocycles. The average Bonchev–Trinajstić information content (AvgIpc) is 2.75. The van der Waals surface area contributed by atoms with Gasteiger partial charge in [0, 0.05) is 12.8 Å². The first kappa shape index (κ1) is 14.8. The van der Waals surface area contributed by atoms with Crippen molar-refractivity contribution in [3.63, 3.8) is 0 Å². The smallest absolute Gasteiger partial charge is 0.303 e. The van der Waals surface area contributed by atoms with Crippen LogP contribution in [0.1, 0.15) is 19.2 Å². The van der Waals surface area contributed by atoms with Crippen molar-refractivity contribution in [2.75, 3.05) is 0 Å². The molecule has 0 aliphatic rings. The summed E-state index contributed by atoms with van der Waals surface area (Å²) in [7, 11) is 0. The minimum atomic E-state index is -0.855. The van der Waals surface area contributed by atoms with E-state index in [4.69, 9.17) is 32.7 Å². The molecular weight excluding hydrogens is 303 g/mol. The maximum atomic E-state index is 10.6. The predicted octanol–water partition coefficient (Wildman–Crippen LogP) is 3.70. The number of rotatable bonds is 5. The number of benzene rings is 1. The Hall–Kier alpha value is -1.59. The number of carbonyl (C=O) groups is 1. The van der Waals surface area contributed by atoms with Crippen molar-refractivity contribution < 1.29 is 14.3 Å². The van der Waals surface area contributed by atoms with Crippen molar-refractivity contribution in [1.82, 2.24) is 10.2 Å². The van der Waals surface area contributed by atoms with Gasteiger partial charge < -0.3 is 9.52 Å². The van der Waals surface area contributed by atoms with Crippen LogP contribution < -0.4 is 0 Å². The highest BCUT2D eigenvalue weighted by molar-refractivity contribution is 6.38. The Balaban J connectivity index is 2.19. The molecule has 106 valence electrons. The van der Waals surface area contributed by atoms with Crippen LogP contribution in [0.2, 0.25) is 10.0 Å². The molecule has 1 atom stereocenters. The lowest BCUT2D eigenvalue weighted by atomic mass is 10.0. The van der Waals surface area contributed by atoms with E-state index in [-0.39, 0.29) is 18.2 Å². The summed E-state index contributed by atoms with van der Waals surface area (Å²) >= 11 is 12.1. The van der Waals surface area contributed by atoms with Crippen LogP contribution in [0.3, 0.4) is 0 Å². The van der Waals surface area contributed by atoms with Gasteiger partial charge >= 0.3 is 5.97 Å². The molecule has 0 aliphatic heterocycles. The molecule has 0 bridgehead atoms. The topological polar surface area (TPSA) is 76.2 Å². The minimum absolute atomic E-state index is 0.0462. The first-order valence-electron chi connectivity index (χ1n) is 5.96. The van der Waals surface area contributed by atoms with E-state index in [2.05, 4.69) is 10.2 Å². The molecule has 1 N–H and O–H groups in total. The van der Waals surface area contributed by atoms with Gasteiger partial charge in [0.2, 0.25) is 5.89 Å². The summed E-state index contributed by atoms with van der Waals surface area (Å²) in [5.74, 6) is -0.350. The Bertz CT molecular complexity index is 608. The highest BCUT2D eigenvalue weighted by Crippen LogP contribution is 2.33. The van der Waals surface area contributed by atoms with Gasteiger partial charge in [-0.1, -0.05) is 36.2 Å². The van der Waals surface area contributed by atoms with E-state index in [1.165, 1.54) is 0 Å². The van der Waals surface area contributed by atoms with Gasteiger partial charge in [-0.3, -0.25) is 4.79 Å². The van der Waals surface area contributed by atoms with Gasteiger partial charge in [0.1, 0.15) is 0 Å². The maximum absolute atomic E-state index is 10.6. The first-order chi connectivity index (χ1) is 9.47. The normalized spacial score (nSPS) is 12.3. The minimum Gasteiger partial charge on any atom is -0.481 e. The number of halogens is 2. The summed E-state index contributed by atoms with van der Waals surface area (Å²) in [4.78, 5) is 10.6. The largest absolute Gasteiger partial charge is 0.481 e. The molecule has 1 aromatic heterocycles. The van der Waals surface area contributed by atoms with Gasteiger partial charge in [0.15, 0.2) is 0 Å². The lowest BCUT2D eigenvalue weighted by Crippen LogP contribution is -2.07. The van der Waals surface area contributed by atoms with Crippen molar-refractivity contribution in [1.29, 1.82) is 0 Å². The Morgan fingerprint density at radius 1 is 1.35 bits per heavy atom. The fourth-order valence-electron chi connectivity index (χ4n) is 1.81. The third-order valence-corrected chi connectivity index (χ3v) is 3.32. The second-order valence-electron chi connectivity index (χ2n) is 4.50. The number of carboxylic acid groups (broad SMARTS) is 1. The van der Waals surface area contributed by atoms with Crippen molar-refractivity contribution >= 4 is 29.2 Å². The highest BCUT2D eigenvalue weighted by Gasteiger charge is 2.17. The summed E-state index contributed by atoms with van der Waals surface area (Å²) in [6.45, 7) is 1.81. The molecule has 1 heterocycles. The zero-order chi connectivity index (χ0) is 14.7. The van der Waals surface area contributed by atoms with Crippen LogP contribution in [0.5, 0.6) is 0 Å². The van der Waals surface area contributed by atoms with Crippen molar-refractivity contribution in [2.45, 2.75) is 19.8 Å². The maximum Gasteiger partial charge on any atom is 0.303 e. The molecule has 0 spiro atoms. The van der Waals surface area contributed by atoms with E-state index in [0.717, 1.165) is 0 Å². The first-order valence-corrected chi connectivity index (χ1v) is 6.71. The fourth-order valence-corrected chi connectivity index (χ4v) is 2.37. The molecule has 2 rings (SSSR count). The average molecular weight is 315 g/mol. The highest BCUT2D eigenvalue weighted by atomic mass is 35.5. The Labute approximate surface area is 125 Å². The van der Waals surface area contributed by atoms with Crippen LogP contribution in [0.4, 0.5) is 0 Å². The Morgan fingerprint density at radius 3 is 2.60 bits per heavy atom. The van der Waals surface area contributed by atoms with E-state index < -0.39 is 5.97 Å². The standard InChI is InChI=1S/C13H12Cl2N2O3/c1-7(6-11(18)19)5-10-16-17-13(20-10)12-8(14)3-2-4-9(12)15/h2-4,7H,5-6H2,1H3,(H,18,19). The molecule has 0 fully saturated rings. The molecule has 0 amide bonds. The van der Waals surface area contributed by atoms with E-state index in [0.29, 0.717) is 27.9 Å². The molecule has 5 nitrogen and oxygen atoms in total. The second-order valence-corrected chi connectivity index (χ2v) is 5.32. The summed E-state index contributed by atoms with van der Waals surface area (Å²) in [5, 5.41) is 17.4. The number of hydrogen-bond donors (Lipinski definition) is 1. The fraction of sp³-hybridized carbons (Fsp3) is 0.308. The molecule has 20 heavy (non-hydrogen) atoms. The number of hydrogen-bond acceptors (Lipinski definition) is 4.